The molecule has 3 rings (SSSR count). The minimum atomic E-state index is -0.243. The lowest BCUT2D eigenvalue weighted by molar-refractivity contribution is 0.984. The Balaban J connectivity index is 2.34. The van der Waals surface area contributed by atoms with E-state index in [1.165, 1.54) is 4.57 Å². The van der Waals surface area contributed by atoms with Crippen molar-refractivity contribution in [2.75, 3.05) is 0 Å². The quantitative estimate of drug-likeness (QED) is 0.681. The largest absolute Gasteiger partial charge is 0.332 e. The molecule has 0 saturated heterocycles. The number of hydrogen-bond acceptors (Lipinski definition) is 3. The highest BCUT2D eigenvalue weighted by atomic mass is 35.5. The first kappa shape index (κ1) is 11.0. The normalized spacial score (nSPS) is 11.0. The molecule has 0 spiro atoms. The Bertz CT molecular complexity index is 773. The van der Waals surface area contributed by atoms with E-state index < -0.39 is 0 Å². The van der Waals surface area contributed by atoms with E-state index >= 15 is 0 Å². The number of pyridine rings is 2. The zero-order valence-electron chi connectivity index (χ0n) is 9.51. The summed E-state index contributed by atoms with van der Waals surface area (Å²) in [6.45, 7) is 1.88. The smallest absolute Gasteiger partial charge is 0.304 e. The summed E-state index contributed by atoms with van der Waals surface area (Å²) in [6.07, 6.45) is 1.54. The van der Waals surface area contributed by atoms with Crippen LogP contribution in [0.1, 0.15) is 5.69 Å². The van der Waals surface area contributed by atoms with E-state index in [-0.39, 0.29) is 5.69 Å². The van der Waals surface area contributed by atoms with Crippen LogP contribution in [0.15, 0.2) is 35.3 Å². The molecule has 0 aliphatic rings. The van der Waals surface area contributed by atoms with Gasteiger partial charge in [-0.15, -0.1) is 0 Å². The molecular weight excluding hydrogens is 252 g/mol. The Morgan fingerprint density at radius 2 is 2.11 bits per heavy atom. The SMILES string of the molecule is Cc1ccc2[nH]c(=O)n(-c3ccc(Cl)nc3)c2n1. The van der Waals surface area contributed by atoms with Gasteiger partial charge in [-0.3, -0.25) is 0 Å². The molecule has 0 aliphatic carbocycles. The number of H-pyrrole nitrogens is 1. The van der Waals surface area contributed by atoms with E-state index in [4.69, 9.17) is 11.6 Å². The number of nitrogens with zero attached hydrogens (tertiary/aromatic N) is 3. The van der Waals surface area contributed by atoms with Crippen molar-refractivity contribution >= 4 is 22.8 Å². The van der Waals surface area contributed by atoms with Crippen molar-refractivity contribution in [3.63, 3.8) is 0 Å². The predicted octanol–water partition coefficient (Wildman–Crippen LogP) is 2.07. The van der Waals surface area contributed by atoms with Crippen molar-refractivity contribution < 1.29 is 0 Å². The van der Waals surface area contributed by atoms with Crippen LogP contribution in [0.4, 0.5) is 0 Å². The number of aryl methyl sites for hydroxylation is 1. The molecule has 3 heterocycles. The minimum absolute atomic E-state index is 0.243. The molecular formula is C12H9ClN4O. The van der Waals surface area contributed by atoms with Gasteiger partial charge in [0.1, 0.15) is 5.15 Å². The van der Waals surface area contributed by atoms with Gasteiger partial charge in [0.25, 0.3) is 0 Å². The van der Waals surface area contributed by atoms with Crippen LogP contribution in [0, 0.1) is 6.92 Å². The average Bonchev–Trinajstić information content (AvgIpc) is 2.66. The highest BCUT2D eigenvalue weighted by molar-refractivity contribution is 6.29. The van der Waals surface area contributed by atoms with E-state index in [2.05, 4.69) is 15.0 Å². The highest BCUT2D eigenvalue weighted by Crippen LogP contribution is 2.14. The molecule has 0 amide bonds. The summed E-state index contributed by atoms with van der Waals surface area (Å²) in [5.41, 5.74) is 2.52. The number of aromatic amines is 1. The zero-order valence-corrected chi connectivity index (χ0v) is 10.3. The van der Waals surface area contributed by atoms with Crippen LogP contribution in [0.5, 0.6) is 0 Å². The molecule has 1 N–H and O–H groups in total. The number of nitrogens with one attached hydrogen (secondary N) is 1. The minimum Gasteiger partial charge on any atom is -0.304 e. The number of imidazole rings is 1. The summed E-state index contributed by atoms with van der Waals surface area (Å²) in [7, 11) is 0. The third kappa shape index (κ3) is 1.69. The number of halogens is 1. The molecule has 90 valence electrons. The summed E-state index contributed by atoms with van der Waals surface area (Å²) >= 11 is 5.73. The van der Waals surface area contributed by atoms with E-state index in [9.17, 15) is 4.79 Å². The lowest BCUT2D eigenvalue weighted by Crippen LogP contribution is -2.15. The predicted molar refractivity (Wildman–Crippen MR) is 69.2 cm³/mol. The zero-order chi connectivity index (χ0) is 12.7. The molecule has 0 saturated carbocycles. The maximum Gasteiger partial charge on any atom is 0.332 e. The second-order valence-corrected chi connectivity index (χ2v) is 4.32. The van der Waals surface area contributed by atoms with Crippen LogP contribution in [-0.2, 0) is 0 Å². The molecule has 0 unspecified atom stereocenters. The highest BCUT2D eigenvalue weighted by Gasteiger charge is 2.10. The second kappa shape index (κ2) is 3.96. The fraction of sp³-hybridized carbons (Fsp3) is 0.0833. The topological polar surface area (TPSA) is 63.6 Å². The fourth-order valence-corrected chi connectivity index (χ4v) is 1.93. The molecule has 18 heavy (non-hydrogen) atoms. The molecule has 0 aromatic carbocycles. The third-order valence-electron chi connectivity index (χ3n) is 2.64. The molecule has 0 bridgehead atoms. The van der Waals surface area contributed by atoms with Gasteiger partial charge >= 0.3 is 5.69 Å². The van der Waals surface area contributed by atoms with E-state index in [1.54, 1.807) is 18.3 Å². The molecule has 0 fully saturated rings. The molecule has 0 radical (unpaired) electrons. The van der Waals surface area contributed by atoms with Crippen LogP contribution < -0.4 is 5.69 Å². The lowest BCUT2D eigenvalue weighted by atomic mass is 10.3. The van der Waals surface area contributed by atoms with Gasteiger partial charge in [0.2, 0.25) is 0 Å². The molecule has 3 aromatic rings. The summed E-state index contributed by atoms with van der Waals surface area (Å²) < 4.78 is 1.48. The van der Waals surface area contributed by atoms with Crippen LogP contribution in [0.3, 0.4) is 0 Å². The van der Waals surface area contributed by atoms with Gasteiger partial charge < -0.3 is 4.98 Å². The number of hydrogen-bond donors (Lipinski definition) is 1. The van der Waals surface area contributed by atoms with E-state index in [0.29, 0.717) is 22.0 Å². The Kier molecular flexibility index (Phi) is 2.41. The van der Waals surface area contributed by atoms with Crippen LogP contribution in [-0.4, -0.2) is 19.5 Å². The molecule has 0 atom stereocenters. The average molecular weight is 261 g/mol. The van der Waals surface area contributed by atoms with Gasteiger partial charge in [0, 0.05) is 5.69 Å². The van der Waals surface area contributed by atoms with E-state index in [1.807, 2.05) is 19.1 Å². The molecule has 6 heteroatoms. The van der Waals surface area contributed by atoms with Gasteiger partial charge in [0.15, 0.2) is 5.65 Å². The second-order valence-electron chi connectivity index (χ2n) is 3.93. The maximum atomic E-state index is 11.9. The van der Waals surface area contributed by atoms with Gasteiger partial charge in [-0.05, 0) is 31.2 Å². The van der Waals surface area contributed by atoms with Crippen molar-refractivity contribution in [3.8, 4) is 5.69 Å². The van der Waals surface area contributed by atoms with Gasteiger partial charge in [0.05, 0.1) is 17.4 Å². The Morgan fingerprint density at radius 1 is 1.28 bits per heavy atom. The standard InChI is InChI=1S/C12H9ClN4O/c1-7-2-4-9-11(15-7)17(12(18)16-9)8-3-5-10(13)14-6-8/h2-6H,1H3,(H,16,18). The van der Waals surface area contributed by atoms with Crippen LogP contribution >= 0.6 is 11.6 Å². The molecule has 5 nitrogen and oxygen atoms in total. The van der Waals surface area contributed by atoms with Crippen molar-refractivity contribution in [1.82, 2.24) is 19.5 Å². The first-order chi connectivity index (χ1) is 8.65. The van der Waals surface area contributed by atoms with Crippen LogP contribution in [0.25, 0.3) is 16.9 Å². The maximum absolute atomic E-state index is 11.9. The summed E-state index contributed by atoms with van der Waals surface area (Å²) in [4.78, 5) is 23.0. The summed E-state index contributed by atoms with van der Waals surface area (Å²) in [5, 5.41) is 0.385. The summed E-state index contributed by atoms with van der Waals surface area (Å²) in [6, 6.07) is 7.05. The summed E-state index contributed by atoms with van der Waals surface area (Å²) in [5.74, 6) is 0. The van der Waals surface area contributed by atoms with E-state index in [0.717, 1.165) is 5.69 Å². The van der Waals surface area contributed by atoms with Crippen molar-refractivity contribution in [2.45, 2.75) is 6.92 Å². The van der Waals surface area contributed by atoms with Gasteiger partial charge in [-0.25, -0.2) is 19.3 Å². The number of aromatic nitrogens is 4. The van der Waals surface area contributed by atoms with Crippen molar-refractivity contribution in [3.05, 3.63) is 51.8 Å². The Labute approximate surface area is 107 Å². The van der Waals surface area contributed by atoms with Crippen molar-refractivity contribution in [2.24, 2.45) is 0 Å². The lowest BCUT2D eigenvalue weighted by Gasteiger charge is -2.02. The van der Waals surface area contributed by atoms with Gasteiger partial charge in [-0.1, -0.05) is 11.6 Å². The molecule has 0 aliphatic heterocycles. The Hall–Kier alpha value is -2.14. The number of fused-ring (bicyclic) bond motifs is 1. The first-order valence-electron chi connectivity index (χ1n) is 5.35. The fourth-order valence-electron chi connectivity index (χ4n) is 1.82. The third-order valence-corrected chi connectivity index (χ3v) is 2.86. The monoisotopic (exact) mass is 260 g/mol. The number of rotatable bonds is 1. The molecule has 3 aromatic heterocycles. The Morgan fingerprint density at radius 3 is 2.83 bits per heavy atom. The van der Waals surface area contributed by atoms with Crippen molar-refractivity contribution in [1.29, 1.82) is 0 Å². The van der Waals surface area contributed by atoms with Gasteiger partial charge in [-0.2, -0.15) is 0 Å². The first-order valence-corrected chi connectivity index (χ1v) is 5.73. The van der Waals surface area contributed by atoms with Crippen LogP contribution in [0.2, 0.25) is 5.15 Å².